The molecule has 0 spiro atoms. The van der Waals surface area contributed by atoms with Gasteiger partial charge in [-0.1, -0.05) is 30.0 Å². The van der Waals surface area contributed by atoms with Crippen LogP contribution < -0.4 is 10.2 Å². The number of thioether (sulfide) groups is 1. The van der Waals surface area contributed by atoms with Crippen LogP contribution in [0.4, 0.5) is 11.4 Å². The third kappa shape index (κ3) is 4.51. The maximum Gasteiger partial charge on any atom is 0.316 e. The van der Waals surface area contributed by atoms with Gasteiger partial charge in [0, 0.05) is 6.54 Å². The summed E-state index contributed by atoms with van der Waals surface area (Å²) in [6.45, 7) is 5.47. The number of carbonyl (C=O) groups is 3. The van der Waals surface area contributed by atoms with Gasteiger partial charge in [0.1, 0.15) is 5.54 Å². The lowest BCUT2D eigenvalue weighted by Gasteiger charge is -2.41. The molecule has 172 valence electrons. The van der Waals surface area contributed by atoms with Crippen molar-refractivity contribution in [1.29, 1.82) is 0 Å². The minimum absolute atomic E-state index is 0.0175. The lowest BCUT2D eigenvalue weighted by molar-refractivity contribution is -0.145. The first-order valence-corrected chi connectivity index (χ1v) is 12.2. The number of rotatable bonds is 7. The Bertz CT molecular complexity index is 1190. The Morgan fingerprint density at radius 1 is 1.18 bits per heavy atom. The first-order chi connectivity index (χ1) is 15.8. The standard InChI is InChI=1S/C22H23N5O4S2/c1-4-26-19(16-10-7-11-32-16)24-25-21(26)33-13-18(29)31-12-17(28)27-15-9-6-5-8-14(15)23-20(30)22(27,2)3/h5-11H,4,12-13H2,1-3H3,(H,23,30). The Kier molecular flexibility index (Phi) is 6.52. The van der Waals surface area contributed by atoms with E-state index in [1.807, 2.05) is 29.0 Å². The third-order valence-electron chi connectivity index (χ3n) is 5.21. The molecule has 2 aromatic heterocycles. The second-order valence-corrected chi connectivity index (χ2v) is 9.63. The van der Waals surface area contributed by atoms with Crippen LogP contribution in [0.3, 0.4) is 0 Å². The Morgan fingerprint density at radius 2 is 1.97 bits per heavy atom. The highest BCUT2D eigenvalue weighted by Crippen LogP contribution is 2.36. The van der Waals surface area contributed by atoms with E-state index in [0.29, 0.717) is 23.1 Å². The van der Waals surface area contributed by atoms with Crippen molar-refractivity contribution in [3.8, 4) is 10.7 Å². The van der Waals surface area contributed by atoms with Gasteiger partial charge in [-0.2, -0.15) is 0 Å². The summed E-state index contributed by atoms with van der Waals surface area (Å²) >= 11 is 2.77. The predicted molar refractivity (Wildman–Crippen MR) is 127 cm³/mol. The largest absolute Gasteiger partial charge is 0.455 e. The van der Waals surface area contributed by atoms with Crippen LogP contribution in [0.25, 0.3) is 10.7 Å². The molecular weight excluding hydrogens is 462 g/mol. The first-order valence-electron chi connectivity index (χ1n) is 10.3. The number of aromatic nitrogens is 3. The number of anilines is 2. The summed E-state index contributed by atoms with van der Waals surface area (Å²) in [4.78, 5) is 40.2. The van der Waals surface area contributed by atoms with Crippen molar-refractivity contribution >= 4 is 52.3 Å². The molecule has 3 aromatic rings. The van der Waals surface area contributed by atoms with E-state index < -0.39 is 24.0 Å². The zero-order chi connectivity index (χ0) is 23.6. The molecule has 0 atom stereocenters. The van der Waals surface area contributed by atoms with Crippen molar-refractivity contribution in [3.63, 3.8) is 0 Å². The molecule has 0 saturated carbocycles. The van der Waals surface area contributed by atoms with Crippen LogP contribution in [0.5, 0.6) is 0 Å². The zero-order valence-electron chi connectivity index (χ0n) is 18.4. The number of fused-ring (bicyclic) bond motifs is 1. The van der Waals surface area contributed by atoms with Gasteiger partial charge in [0.05, 0.1) is 22.0 Å². The van der Waals surface area contributed by atoms with Crippen molar-refractivity contribution in [1.82, 2.24) is 14.8 Å². The number of hydrogen-bond donors (Lipinski definition) is 1. The topological polar surface area (TPSA) is 106 Å². The summed E-state index contributed by atoms with van der Waals surface area (Å²) < 4.78 is 7.17. The Balaban J connectivity index is 1.39. The molecule has 1 aromatic carbocycles. The zero-order valence-corrected chi connectivity index (χ0v) is 20.0. The minimum Gasteiger partial charge on any atom is -0.455 e. The monoisotopic (exact) mass is 485 g/mol. The molecule has 0 bridgehead atoms. The van der Waals surface area contributed by atoms with Gasteiger partial charge in [0.25, 0.3) is 5.91 Å². The van der Waals surface area contributed by atoms with Crippen LogP contribution in [-0.2, 0) is 25.7 Å². The molecule has 1 aliphatic heterocycles. The van der Waals surface area contributed by atoms with E-state index in [4.69, 9.17) is 4.74 Å². The number of hydrogen-bond acceptors (Lipinski definition) is 8. The number of para-hydroxylation sites is 2. The number of ether oxygens (including phenoxy) is 1. The minimum atomic E-state index is -1.12. The van der Waals surface area contributed by atoms with Gasteiger partial charge in [0.2, 0.25) is 5.91 Å². The second kappa shape index (κ2) is 9.36. The van der Waals surface area contributed by atoms with Crippen molar-refractivity contribution < 1.29 is 19.1 Å². The second-order valence-electron chi connectivity index (χ2n) is 7.74. The van der Waals surface area contributed by atoms with Gasteiger partial charge >= 0.3 is 5.97 Å². The first kappa shape index (κ1) is 23.0. The third-order valence-corrected chi connectivity index (χ3v) is 7.01. The van der Waals surface area contributed by atoms with Crippen LogP contribution in [-0.4, -0.2) is 50.4 Å². The van der Waals surface area contributed by atoms with Gasteiger partial charge in [0.15, 0.2) is 17.6 Å². The molecule has 2 amide bonds. The molecular formula is C22H23N5O4S2. The highest BCUT2D eigenvalue weighted by atomic mass is 32.2. The molecule has 0 aliphatic carbocycles. The fraction of sp³-hybridized carbons (Fsp3) is 0.318. The molecule has 0 radical (unpaired) electrons. The molecule has 33 heavy (non-hydrogen) atoms. The van der Waals surface area contributed by atoms with Crippen LogP contribution in [0, 0.1) is 0 Å². The molecule has 11 heteroatoms. The molecule has 1 aliphatic rings. The van der Waals surface area contributed by atoms with E-state index >= 15 is 0 Å². The van der Waals surface area contributed by atoms with Gasteiger partial charge < -0.3 is 14.6 Å². The number of nitrogens with one attached hydrogen (secondary N) is 1. The maximum atomic E-state index is 13.0. The smallest absolute Gasteiger partial charge is 0.316 e. The lowest BCUT2D eigenvalue weighted by atomic mass is 9.96. The molecule has 0 saturated heterocycles. The molecule has 4 rings (SSSR count). The van der Waals surface area contributed by atoms with Gasteiger partial charge in [-0.15, -0.1) is 21.5 Å². The van der Waals surface area contributed by atoms with Gasteiger partial charge in [-0.05, 0) is 44.4 Å². The van der Waals surface area contributed by atoms with Crippen molar-refractivity contribution in [2.45, 2.75) is 38.0 Å². The van der Waals surface area contributed by atoms with E-state index in [1.54, 1.807) is 49.4 Å². The Morgan fingerprint density at radius 3 is 2.70 bits per heavy atom. The number of thiophene rings is 1. The van der Waals surface area contributed by atoms with Gasteiger partial charge in [-0.25, -0.2) is 0 Å². The van der Waals surface area contributed by atoms with E-state index in [0.717, 1.165) is 10.7 Å². The van der Waals surface area contributed by atoms with E-state index in [1.165, 1.54) is 16.7 Å². The van der Waals surface area contributed by atoms with Crippen LogP contribution >= 0.6 is 23.1 Å². The van der Waals surface area contributed by atoms with E-state index in [-0.39, 0.29) is 11.7 Å². The van der Waals surface area contributed by atoms with Crippen LogP contribution in [0.15, 0.2) is 46.9 Å². The molecule has 0 fully saturated rings. The molecule has 9 nitrogen and oxygen atoms in total. The summed E-state index contributed by atoms with van der Waals surface area (Å²) in [7, 11) is 0. The highest BCUT2D eigenvalue weighted by molar-refractivity contribution is 7.99. The van der Waals surface area contributed by atoms with Crippen molar-refractivity contribution in [3.05, 3.63) is 41.8 Å². The number of esters is 1. The summed E-state index contributed by atoms with van der Waals surface area (Å²) in [6, 6.07) is 10.9. The highest BCUT2D eigenvalue weighted by Gasteiger charge is 2.43. The quantitative estimate of drug-likeness (QED) is 0.404. The number of nitrogens with zero attached hydrogens (tertiary/aromatic N) is 4. The van der Waals surface area contributed by atoms with E-state index in [2.05, 4.69) is 15.5 Å². The number of carbonyl (C=O) groups excluding carboxylic acids is 3. The average Bonchev–Trinajstić information content (AvgIpc) is 3.46. The van der Waals surface area contributed by atoms with Crippen LogP contribution in [0.2, 0.25) is 0 Å². The fourth-order valence-corrected chi connectivity index (χ4v) is 5.06. The number of amides is 2. The molecule has 1 N–H and O–H groups in total. The van der Waals surface area contributed by atoms with Crippen LogP contribution in [0.1, 0.15) is 20.8 Å². The van der Waals surface area contributed by atoms with E-state index in [9.17, 15) is 14.4 Å². The predicted octanol–water partition coefficient (Wildman–Crippen LogP) is 3.43. The Labute approximate surface area is 199 Å². The fourth-order valence-electron chi connectivity index (χ4n) is 3.54. The summed E-state index contributed by atoms with van der Waals surface area (Å²) in [5, 5.41) is 13.8. The molecule has 3 heterocycles. The van der Waals surface area contributed by atoms with Gasteiger partial charge in [-0.3, -0.25) is 19.3 Å². The maximum absolute atomic E-state index is 13.0. The SMILES string of the molecule is CCn1c(SCC(=O)OCC(=O)N2c3ccccc3NC(=O)C2(C)C)nnc1-c1cccs1. The average molecular weight is 486 g/mol. The summed E-state index contributed by atoms with van der Waals surface area (Å²) in [6.07, 6.45) is 0. The summed E-state index contributed by atoms with van der Waals surface area (Å²) in [5.41, 5.74) is -0.0188. The Hall–Kier alpha value is -3.18. The normalized spacial score (nSPS) is 14.5. The molecule has 0 unspecified atom stereocenters. The van der Waals surface area contributed by atoms with Crippen molar-refractivity contribution in [2.24, 2.45) is 0 Å². The lowest BCUT2D eigenvalue weighted by Crippen LogP contribution is -2.59. The van der Waals surface area contributed by atoms with Crippen molar-refractivity contribution in [2.75, 3.05) is 22.6 Å². The number of benzene rings is 1. The summed E-state index contributed by atoms with van der Waals surface area (Å²) in [5.74, 6) is -0.600.